The van der Waals surface area contributed by atoms with Gasteiger partial charge in [0.1, 0.15) is 5.75 Å². The summed E-state index contributed by atoms with van der Waals surface area (Å²) in [7, 11) is 1.19. The predicted octanol–water partition coefficient (Wildman–Crippen LogP) is 3.40. The normalized spacial score (nSPS) is 14.5. The van der Waals surface area contributed by atoms with E-state index >= 15 is 0 Å². The highest BCUT2D eigenvalue weighted by atomic mass is 28.4. The fourth-order valence-electron chi connectivity index (χ4n) is 2.03. The highest BCUT2D eigenvalue weighted by Crippen LogP contribution is 2.35. The van der Waals surface area contributed by atoms with Crippen molar-refractivity contribution in [3.05, 3.63) is 29.8 Å². The zero-order valence-corrected chi connectivity index (χ0v) is 14.1. The zero-order valence-electron chi connectivity index (χ0n) is 13.1. The number of rotatable bonds is 6. The summed E-state index contributed by atoms with van der Waals surface area (Å²) in [5.41, 5.74) is 0.885. The lowest BCUT2D eigenvalue weighted by Crippen LogP contribution is -2.33. The van der Waals surface area contributed by atoms with Gasteiger partial charge in [-0.25, -0.2) is 0 Å². The van der Waals surface area contributed by atoms with Crippen molar-refractivity contribution in [3.63, 3.8) is 0 Å². The van der Waals surface area contributed by atoms with Gasteiger partial charge in [-0.1, -0.05) is 18.2 Å². The molecule has 0 saturated heterocycles. The number of carbonyl (C=O) groups excluding carboxylic acids is 1. The summed E-state index contributed by atoms with van der Waals surface area (Å²) in [6, 6.07) is 7.63. The van der Waals surface area contributed by atoms with Crippen molar-refractivity contribution in [1.29, 1.82) is 0 Å². The number of hydrogen-bond donors (Lipinski definition) is 0. The molecule has 0 aliphatic rings. The van der Waals surface area contributed by atoms with E-state index in [1.165, 1.54) is 7.11 Å². The van der Waals surface area contributed by atoms with E-state index in [-0.39, 0.29) is 18.0 Å². The second kappa shape index (κ2) is 6.90. The van der Waals surface area contributed by atoms with Crippen LogP contribution in [-0.4, -0.2) is 28.5 Å². The molecule has 2 atom stereocenters. The third-order valence-corrected chi connectivity index (χ3v) is 3.91. The monoisotopic (exact) mass is 296 g/mol. The first kappa shape index (κ1) is 16.7. The van der Waals surface area contributed by atoms with Crippen molar-refractivity contribution in [1.82, 2.24) is 0 Å². The number of hydrogen-bond acceptors (Lipinski definition) is 4. The van der Waals surface area contributed by atoms with E-state index < -0.39 is 8.32 Å². The third kappa shape index (κ3) is 4.35. The van der Waals surface area contributed by atoms with Gasteiger partial charge < -0.3 is 13.9 Å². The van der Waals surface area contributed by atoms with Gasteiger partial charge in [-0.15, -0.1) is 0 Å². The topological polar surface area (TPSA) is 44.8 Å². The molecule has 0 aliphatic heterocycles. The Morgan fingerprint density at radius 3 is 2.25 bits per heavy atom. The summed E-state index contributed by atoms with van der Waals surface area (Å²) in [5.74, 6) is 0.0636. The van der Waals surface area contributed by atoms with E-state index in [2.05, 4.69) is 19.6 Å². The third-order valence-electron chi connectivity index (χ3n) is 2.95. The fraction of sp³-hybridized carbons (Fsp3) is 0.533. The van der Waals surface area contributed by atoms with Gasteiger partial charge in [0.15, 0.2) is 8.32 Å². The lowest BCUT2D eigenvalue weighted by atomic mass is 9.97. The van der Waals surface area contributed by atoms with Crippen LogP contribution in [0, 0.1) is 5.92 Å². The molecule has 0 saturated carbocycles. The summed E-state index contributed by atoms with van der Waals surface area (Å²) < 4.78 is 16.5. The maximum Gasteiger partial charge on any atom is 0.311 e. The van der Waals surface area contributed by atoms with Crippen LogP contribution >= 0.6 is 0 Å². The Labute approximate surface area is 122 Å². The first-order chi connectivity index (χ1) is 9.30. The number of ether oxygens (including phenoxy) is 2. The molecule has 0 unspecified atom stereocenters. The number of methoxy groups -OCH3 is 2. The Morgan fingerprint density at radius 1 is 1.15 bits per heavy atom. The standard InChI is InChI=1S/C15H24O4Si/c1-11(15(16)18-3)14(19-20(4,5)6)12-9-7-8-10-13(12)17-2/h7-11,14H,1-6H3/t11-,14-/m0/s1. The van der Waals surface area contributed by atoms with Gasteiger partial charge in [0, 0.05) is 5.56 Å². The molecule has 0 radical (unpaired) electrons. The van der Waals surface area contributed by atoms with E-state index in [0.717, 1.165) is 11.3 Å². The number of para-hydroxylation sites is 1. The summed E-state index contributed by atoms with van der Waals surface area (Å²) in [6.45, 7) is 8.11. The molecule has 5 heteroatoms. The van der Waals surface area contributed by atoms with Gasteiger partial charge in [-0.2, -0.15) is 0 Å². The minimum atomic E-state index is -1.82. The van der Waals surface area contributed by atoms with Crippen LogP contribution in [-0.2, 0) is 14.0 Å². The largest absolute Gasteiger partial charge is 0.496 e. The van der Waals surface area contributed by atoms with Crippen molar-refractivity contribution in [2.24, 2.45) is 5.92 Å². The van der Waals surface area contributed by atoms with E-state index in [9.17, 15) is 4.79 Å². The van der Waals surface area contributed by atoms with Crippen LogP contribution in [0.2, 0.25) is 19.6 Å². The van der Waals surface area contributed by atoms with E-state index in [1.54, 1.807) is 7.11 Å². The summed E-state index contributed by atoms with van der Waals surface area (Å²) in [6.07, 6.45) is -0.356. The molecular weight excluding hydrogens is 272 g/mol. The Balaban J connectivity index is 3.19. The zero-order chi connectivity index (χ0) is 15.3. The second-order valence-corrected chi connectivity index (χ2v) is 10.2. The highest BCUT2D eigenvalue weighted by molar-refractivity contribution is 6.69. The molecule has 1 aromatic rings. The lowest BCUT2D eigenvalue weighted by Gasteiger charge is -2.30. The number of carbonyl (C=O) groups is 1. The van der Waals surface area contributed by atoms with Gasteiger partial charge in [-0.3, -0.25) is 4.79 Å². The van der Waals surface area contributed by atoms with Gasteiger partial charge in [-0.05, 0) is 32.6 Å². The maximum atomic E-state index is 11.9. The van der Waals surface area contributed by atoms with Gasteiger partial charge in [0.25, 0.3) is 0 Å². The van der Waals surface area contributed by atoms with E-state index in [0.29, 0.717) is 0 Å². The Bertz CT molecular complexity index is 453. The Morgan fingerprint density at radius 2 is 1.75 bits per heavy atom. The molecule has 0 bridgehead atoms. The fourth-order valence-corrected chi connectivity index (χ4v) is 3.12. The van der Waals surface area contributed by atoms with Crippen molar-refractivity contribution in [2.45, 2.75) is 32.7 Å². The summed E-state index contributed by atoms with van der Waals surface area (Å²) >= 11 is 0. The van der Waals surface area contributed by atoms with E-state index in [1.807, 2.05) is 31.2 Å². The van der Waals surface area contributed by atoms with E-state index in [4.69, 9.17) is 13.9 Å². The van der Waals surface area contributed by atoms with Crippen LogP contribution in [0.1, 0.15) is 18.6 Å². The van der Waals surface area contributed by atoms with Crippen molar-refractivity contribution >= 4 is 14.3 Å². The SMILES string of the molecule is COC(=O)[C@@H](C)[C@H](O[Si](C)(C)C)c1ccccc1OC. The molecule has 0 aromatic heterocycles. The first-order valence-electron chi connectivity index (χ1n) is 6.68. The minimum absolute atomic E-state index is 0.279. The van der Waals surface area contributed by atoms with Crippen LogP contribution in [0.15, 0.2) is 24.3 Å². The average Bonchev–Trinajstić information content (AvgIpc) is 2.42. The maximum absolute atomic E-state index is 11.9. The average molecular weight is 296 g/mol. The highest BCUT2D eigenvalue weighted by Gasteiger charge is 2.33. The molecule has 1 rings (SSSR count). The Kier molecular flexibility index (Phi) is 5.77. The van der Waals surface area contributed by atoms with Crippen LogP contribution in [0.4, 0.5) is 0 Å². The molecule has 0 N–H and O–H groups in total. The van der Waals surface area contributed by atoms with Crippen LogP contribution < -0.4 is 4.74 Å². The molecule has 0 aliphatic carbocycles. The van der Waals surface area contributed by atoms with Gasteiger partial charge in [0.2, 0.25) is 0 Å². The number of esters is 1. The molecule has 4 nitrogen and oxygen atoms in total. The smallest absolute Gasteiger partial charge is 0.311 e. The minimum Gasteiger partial charge on any atom is -0.496 e. The molecule has 20 heavy (non-hydrogen) atoms. The lowest BCUT2D eigenvalue weighted by molar-refractivity contribution is -0.148. The molecule has 1 aromatic carbocycles. The van der Waals surface area contributed by atoms with Crippen LogP contribution in [0.5, 0.6) is 5.75 Å². The van der Waals surface area contributed by atoms with Crippen molar-refractivity contribution in [3.8, 4) is 5.75 Å². The first-order valence-corrected chi connectivity index (χ1v) is 10.1. The second-order valence-electron chi connectivity index (χ2n) is 5.70. The summed E-state index contributed by atoms with van der Waals surface area (Å²) in [5, 5.41) is 0. The Hall–Kier alpha value is -1.33. The van der Waals surface area contributed by atoms with Gasteiger partial charge in [0.05, 0.1) is 26.2 Å². The van der Waals surface area contributed by atoms with Crippen LogP contribution in [0.3, 0.4) is 0 Å². The number of benzene rings is 1. The van der Waals surface area contributed by atoms with Gasteiger partial charge >= 0.3 is 5.97 Å². The molecular formula is C15H24O4Si. The molecule has 0 fully saturated rings. The summed E-state index contributed by atoms with van der Waals surface area (Å²) in [4.78, 5) is 11.9. The quantitative estimate of drug-likeness (QED) is 0.596. The molecule has 0 spiro atoms. The predicted molar refractivity (Wildman–Crippen MR) is 81.3 cm³/mol. The molecule has 0 amide bonds. The van der Waals surface area contributed by atoms with Crippen molar-refractivity contribution in [2.75, 3.05) is 14.2 Å². The van der Waals surface area contributed by atoms with Crippen molar-refractivity contribution < 1.29 is 18.7 Å². The molecule has 112 valence electrons. The molecule has 0 heterocycles. The van der Waals surface area contributed by atoms with Crippen LogP contribution in [0.25, 0.3) is 0 Å².